The van der Waals surface area contributed by atoms with Gasteiger partial charge in [-0.2, -0.15) is 5.10 Å². The summed E-state index contributed by atoms with van der Waals surface area (Å²) in [6.45, 7) is 36.5. The molecule has 1 aromatic rings. The number of aliphatic imine (C=N–C) groups is 2. The van der Waals surface area contributed by atoms with Crippen molar-refractivity contribution in [1.82, 2.24) is 35.9 Å². The third-order valence-electron chi connectivity index (χ3n) is 7.39. The van der Waals surface area contributed by atoms with Gasteiger partial charge in [-0.15, -0.1) is 0 Å². The van der Waals surface area contributed by atoms with E-state index >= 15 is 0 Å². The Bertz CT molecular complexity index is 1100. The number of nitrogens with one attached hydrogen (secondary N) is 4. The van der Waals surface area contributed by atoms with Crippen molar-refractivity contribution in [3.8, 4) is 0 Å². The molecule has 0 bridgehead atoms. The Morgan fingerprint density at radius 3 is 1.54 bits per heavy atom. The lowest BCUT2D eigenvalue weighted by atomic mass is 10.2. The van der Waals surface area contributed by atoms with E-state index in [1.807, 2.05) is 65.4 Å². The molecule has 3 aliphatic rings. The van der Waals surface area contributed by atoms with Crippen molar-refractivity contribution in [3.05, 3.63) is 18.5 Å². The minimum atomic E-state index is 0. The van der Waals surface area contributed by atoms with Gasteiger partial charge in [-0.1, -0.05) is 84.1 Å². The van der Waals surface area contributed by atoms with Crippen molar-refractivity contribution in [2.24, 2.45) is 27.7 Å². The van der Waals surface area contributed by atoms with Gasteiger partial charge < -0.3 is 26.2 Å². The second-order valence-electron chi connectivity index (χ2n) is 15.6. The van der Waals surface area contributed by atoms with Crippen LogP contribution in [0.1, 0.15) is 165 Å². The van der Waals surface area contributed by atoms with Crippen molar-refractivity contribution in [2.45, 2.75) is 183 Å². The Hall–Kier alpha value is -3.12. The number of hydrogen-bond acceptors (Lipinski definition) is 8. The largest absolute Gasteiger partial charge is 0.354 e. The molecule has 0 radical (unpaired) electrons. The summed E-state index contributed by atoms with van der Waals surface area (Å²) in [6, 6.07) is 3.45. The first-order valence-electron chi connectivity index (χ1n) is 19.6. The molecular formula is C44H95N9O3. The van der Waals surface area contributed by atoms with Gasteiger partial charge in [0.15, 0.2) is 0 Å². The van der Waals surface area contributed by atoms with Gasteiger partial charge in [0.1, 0.15) is 5.84 Å². The zero-order valence-corrected chi connectivity index (χ0v) is 35.8. The summed E-state index contributed by atoms with van der Waals surface area (Å²) in [5.41, 5.74) is 1.14. The Kier molecular flexibility index (Phi) is 44.8. The molecule has 1 saturated carbocycles. The number of hydrogen-bond donors (Lipinski definition) is 4. The first-order chi connectivity index (χ1) is 24.2. The smallest absolute Gasteiger partial charge is 0.222 e. The van der Waals surface area contributed by atoms with E-state index in [2.05, 4.69) is 82.8 Å². The Labute approximate surface area is 347 Å². The van der Waals surface area contributed by atoms with E-state index in [4.69, 9.17) is 0 Å². The monoisotopic (exact) mass is 798 g/mol. The standard InChI is InChI=1S/C9H17NO.C8H18N2.C7H12N2.C6H10N2.2C5H11NO.4CH4/c1-7(2)9(11)10-8-5-3-4-6-8;1-8(2)7-10-5-3-9-4-6-10;1-5(2)7-8-4-6(3)9-7;1-6(2)8-5-3-4-7-8;2*1-4(2)6-5(3)7;;;;/h7-8H,3-6H2,1-2H3,(H,10,11);8-9H,3-7H2,1-2H3;5H,4H2,1-3H3;3-6H,1-2H3;2*4H,1-3H3,(H,6,7);4*1H4. The van der Waals surface area contributed by atoms with Gasteiger partial charge >= 0.3 is 0 Å². The Morgan fingerprint density at radius 2 is 1.29 bits per heavy atom. The fourth-order valence-electron chi connectivity index (χ4n) is 5.02. The predicted octanol–water partition coefficient (Wildman–Crippen LogP) is 8.83. The van der Waals surface area contributed by atoms with E-state index in [1.54, 1.807) is 6.20 Å². The molecular weight excluding hydrogens is 703 g/mol. The van der Waals surface area contributed by atoms with Crippen molar-refractivity contribution >= 4 is 29.3 Å². The highest BCUT2D eigenvalue weighted by molar-refractivity contribution is 6.03. The van der Waals surface area contributed by atoms with Crippen LogP contribution < -0.4 is 21.3 Å². The molecule has 1 aromatic heterocycles. The summed E-state index contributed by atoms with van der Waals surface area (Å²) in [6.07, 6.45) is 8.67. The third kappa shape index (κ3) is 40.5. The van der Waals surface area contributed by atoms with Gasteiger partial charge in [-0.25, -0.2) is 4.99 Å². The second kappa shape index (κ2) is 38.7. The number of carbonyl (C=O) groups excluding carboxylic acids is 3. The summed E-state index contributed by atoms with van der Waals surface area (Å²) in [4.78, 5) is 42.5. The maximum absolute atomic E-state index is 11.2. The van der Waals surface area contributed by atoms with Crippen LogP contribution in [0.15, 0.2) is 28.4 Å². The van der Waals surface area contributed by atoms with Crippen LogP contribution in [-0.4, -0.2) is 101 Å². The van der Waals surface area contributed by atoms with Crippen LogP contribution in [0, 0.1) is 17.8 Å². The molecule has 2 fully saturated rings. The average molecular weight is 798 g/mol. The zero-order valence-electron chi connectivity index (χ0n) is 35.8. The molecule has 3 amide bonds. The molecule has 56 heavy (non-hydrogen) atoms. The van der Waals surface area contributed by atoms with Gasteiger partial charge in [-0.3, -0.25) is 24.1 Å². The molecule has 12 heteroatoms. The van der Waals surface area contributed by atoms with Crippen LogP contribution in [0.5, 0.6) is 0 Å². The molecule has 12 nitrogen and oxygen atoms in total. The molecule has 0 spiro atoms. The van der Waals surface area contributed by atoms with Crippen LogP contribution in [-0.2, 0) is 14.4 Å². The average Bonchev–Trinajstić information content (AvgIpc) is 3.82. The molecule has 334 valence electrons. The normalized spacial score (nSPS) is 14.4. The van der Waals surface area contributed by atoms with Gasteiger partial charge in [0.05, 0.1) is 6.54 Å². The fourth-order valence-corrected chi connectivity index (χ4v) is 5.02. The summed E-state index contributed by atoms with van der Waals surface area (Å²) < 4.78 is 1.92. The first-order valence-corrected chi connectivity index (χ1v) is 19.6. The third-order valence-corrected chi connectivity index (χ3v) is 7.39. The van der Waals surface area contributed by atoms with E-state index in [-0.39, 0.29) is 65.4 Å². The quantitative estimate of drug-likeness (QED) is 0.207. The molecule has 0 unspecified atom stereocenters. The first kappa shape index (κ1) is 64.8. The van der Waals surface area contributed by atoms with Crippen LogP contribution in [0.3, 0.4) is 0 Å². The molecule has 4 rings (SSSR count). The molecule has 0 atom stereocenters. The molecule has 3 heterocycles. The van der Waals surface area contributed by atoms with Crippen LogP contribution in [0.4, 0.5) is 0 Å². The van der Waals surface area contributed by atoms with Crippen molar-refractivity contribution in [2.75, 3.05) is 39.3 Å². The number of amidine groups is 1. The molecule has 1 saturated heterocycles. The van der Waals surface area contributed by atoms with Crippen molar-refractivity contribution in [3.63, 3.8) is 0 Å². The molecule has 4 N–H and O–H groups in total. The van der Waals surface area contributed by atoms with Crippen LogP contribution in [0.25, 0.3) is 0 Å². The molecule has 0 aromatic carbocycles. The highest BCUT2D eigenvalue weighted by atomic mass is 16.2. The fraction of sp³-hybridized carbons (Fsp3) is 0.818. The molecule has 1 aliphatic carbocycles. The number of carbonyl (C=O) groups is 3. The van der Waals surface area contributed by atoms with Crippen LogP contribution >= 0.6 is 0 Å². The van der Waals surface area contributed by atoms with E-state index < -0.39 is 0 Å². The summed E-state index contributed by atoms with van der Waals surface area (Å²) in [7, 11) is 0. The maximum atomic E-state index is 11.2. The lowest BCUT2D eigenvalue weighted by Gasteiger charge is -2.28. The minimum Gasteiger partial charge on any atom is -0.354 e. The lowest BCUT2D eigenvalue weighted by Crippen LogP contribution is -2.44. The number of amides is 3. The number of aromatic nitrogens is 2. The van der Waals surface area contributed by atoms with Crippen molar-refractivity contribution < 1.29 is 14.4 Å². The highest BCUT2D eigenvalue weighted by Gasteiger charge is 2.18. The predicted molar refractivity (Wildman–Crippen MR) is 247 cm³/mol. The number of piperazine rings is 1. The van der Waals surface area contributed by atoms with E-state index in [9.17, 15) is 14.4 Å². The highest BCUT2D eigenvalue weighted by Crippen LogP contribution is 2.17. The maximum Gasteiger partial charge on any atom is 0.222 e. The Morgan fingerprint density at radius 1 is 0.804 bits per heavy atom. The van der Waals surface area contributed by atoms with Gasteiger partial charge in [-0.05, 0) is 73.3 Å². The van der Waals surface area contributed by atoms with Gasteiger partial charge in [0.25, 0.3) is 0 Å². The van der Waals surface area contributed by atoms with Gasteiger partial charge in [0.2, 0.25) is 17.7 Å². The number of rotatable bonds is 8. The van der Waals surface area contributed by atoms with E-state index in [1.165, 1.54) is 72.3 Å². The molecule has 2 aliphatic heterocycles. The summed E-state index contributed by atoms with van der Waals surface area (Å²) in [5.74, 6) is 2.73. The zero-order chi connectivity index (χ0) is 40.2. The minimum absolute atomic E-state index is 0. The summed E-state index contributed by atoms with van der Waals surface area (Å²) in [5, 5.41) is 15.8. The second-order valence-corrected chi connectivity index (χ2v) is 15.6. The van der Waals surface area contributed by atoms with Gasteiger partial charge in [0, 0.05) is 101 Å². The van der Waals surface area contributed by atoms with E-state index in [0.717, 1.165) is 24.0 Å². The SMILES string of the molecule is C.C.C.C.CC(=O)NC(C)C.CC(=O)NC(C)C.CC(C)C(=O)NC1CCCC1.CC(C)CN1CCNCC1.CC(C)n1cccn1.CC1=NC(C(C)C)=NC1. The van der Waals surface area contributed by atoms with Crippen molar-refractivity contribution in [1.29, 1.82) is 0 Å². The topological polar surface area (TPSA) is 145 Å². The van der Waals surface area contributed by atoms with E-state index in [0.29, 0.717) is 18.0 Å². The number of nitrogens with zero attached hydrogens (tertiary/aromatic N) is 5. The Balaban J connectivity index is -0.000000133. The lowest BCUT2D eigenvalue weighted by molar-refractivity contribution is -0.124. The summed E-state index contributed by atoms with van der Waals surface area (Å²) >= 11 is 0. The van der Waals surface area contributed by atoms with Crippen LogP contribution in [0.2, 0.25) is 0 Å².